The van der Waals surface area contributed by atoms with Crippen molar-refractivity contribution in [3.63, 3.8) is 0 Å². The molecule has 1 heterocycles. The molecule has 2 N–H and O–H groups in total. The minimum Gasteiger partial charge on any atom is -0.372 e. The second kappa shape index (κ2) is 10.0. The van der Waals surface area contributed by atoms with Crippen molar-refractivity contribution >= 4 is 23.0 Å². The molecule has 0 aliphatic rings. The molecular weight excluding hydrogens is 446 g/mol. The van der Waals surface area contributed by atoms with Gasteiger partial charge in [-0.15, -0.1) is 0 Å². The summed E-state index contributed by atoms with van der Waals surface area (Å²) in [4.78, 5) is 13.3. The molecule has 0 aliphatic carbocycles. The third-order valence-electron chi connectivity index (χ3n) is 6.50. The Bertz CT molecular complexity index is 1480. The SMILES string of the molecule is Cc1ccccc1Cn1cc(/C=N\NC(=O)C(O)(c2ccccc2)c2ccccc2)c2ccccc21. The van der Waals surface area contributed by atoms with Crippen LogP contribution < -0.4 is 5.43 Å². The van der Waals surface area contributed by atoms with Gasteiger partial charge in [-0.05, 0) is 35.2 Å². The summed E-state index contributed by atoms with van der Waals surface area (Å²) in [5.41, 5.74) is 6.07. The number of hydrazone groups is 1. The molecule has 5 heteroatoms. The van der Waals surface area contributed by atoms with Gasteiger partial charge in [0.1, 0.15) is 0 Å². The van der Waals surface area contributed by atoms with E-state index in [4.69, 9.17) is 0 Å². The van der Waals surface area contributed by atoms with E-state index in [1.54, 1.807) is 54.7 Å². The predicted octanol–water partition coefficient (Wildman–Crippen LogP) is 5.38. The predicted molar refractivity (Wildman–Crippen MR) is 144 cm³/mol. The highest BCUT2D eigenvalue weighted by Crippen LogP contribution is 2.30. The number of nitrogens with one attached hydrogen (secondary N) is 1. The normalized spacial score (nSPS) is 11.7. The first-order valence-corrected chi connectivity index (χ1v) is 11.9. The van der Waals surface area contributed by atoms with Crippen molar-refractivity contribution in [2.24, 2.45) is 5.10 Å². The highest BCUT2D eigenvalue weighted by atomic mass is 16.3. The zero-order valence-electron chi connectivity index (χ0n) is 20.0. The van der Waals surface area contributed by atoms with E-state index >= 15 is 0 Å². The molecule has 178 valence electrons. The lowest BCUT2D eigenvalue weighted by molar-refractivity contribution is -0.136. The molecule has 5 aromatic rings. The zero-order valence-corrected chi connectivity index (χ0v) is 20.0. The summed E-state index contributed by atoms with van der Waals surface area (Å²) in [5.74, 6) is -0.625. The molecule has 0 bridgehead atoms. The van der Waals surface area contributed by atoms with Crippen LogP contribution in [0.4, 0.5) is 0 Å². The van der Waals surface area contributed by atoms with Crippen LogP contribution in [0.15, 0.2) is 120 Å². The lowest BCUT2D eigenvalue weighted by atomic mass is 9.85. The number of aliphatic hydroxyl groups is 1. The van der Waals surface area contributed by atoms with E-state index < -0.39 is 11.5 Å². The minimum atomic E-state index is -1.88. The maximum absolute atomic E-state index is 13.3. The van der Waals surface area contributed by atoms with Crippen LogP contribution in [0.1, 0.15) is 27.8 Å². The van der Waals surface area contributed by atoms with Gasteiger partial charge in [-0.2, -0.15) is 5.10 Å². The minimum absolute atomic E-state index is 0.471. The molecule has 0 spiro atoms. The quantitative estimate of drug-likeness (QED) is 0.246. The second-order valence-electron chi connectivity index (χ2n) is 8.80. The maximum Gasteiger partial charge on any atom is 0.281 e. The number of nitrogens with zero attached hydrogens (tertiary/aromatic N) is 2. The van der Waals surface area contributed by atoms with Crippen molar-refractivity contribution in [3.05, 3.63) is 143 Å². The highest BCUT2D eigenvalue weighted by Gasteiger charge is 2.39. The Kier molecular flexibility index (Phi) is 6.48. The van der Waals surface area contributed by atoms with Crippen LogP contribution in [0.5, 0.6) is 0 Å². The molecule has 0 saturated heterocycles. The number of fused-ring (bicyclic) bond motifs is 1. The van der Waals surface area contributed by atoms with E-state index in [1.807, 2.05) is 48.7 Å². The highest BCUT2D eigenvalue weighted by molar-refractivity contribution is 6.00. The summed E-state index contributed by atoms with van der Waals surface area (Å²) in [7, 11) is 0. The van der Waals surface area contributed by atoms with Crippen LogP contribution >= 0.6 is 0 Å². The van der Waals surface area contributed by atoms with Crippen LogP contribution in [0.2, 0.25) is 0 Å². The average Bonchev–Trinajstić information content (AvgIpc) is 3.27. The molecule has 5 rings (SSSR count). The first-order valence-electron chi connectivity index (χ1n) is 11.9. The number of carbonyl (C=O) groups excluding carboxylic acids is 1. The van der Waals surface area contributed by atoms with E-state index in [-0.39, 0.29) is 0 Å². The molecule has 0 aliphatic heterocycles. The Balaban J connectivity index is 1.44. The molecule has 1 aromatic heterocycles. The number of rotatable bonds is 7. The van der Waals surface area contributed by atoms with Crippen molar-refractivity contribution in [2.45, 2.75) is 19.1 Å². The number of para-hydroxylation sites is 1. The molecule has 36 heavy (non-hydrogen) atoms. The fourth-order valence-electron chi connectivity index (χ4n) is 4.51. The Morgan fingerprint density at radius 1 is 0.861 bits per heavy atom. The topological polar surface area (TPSA) is 66.6 Å². The van der Waals surface area contributed by atoms with E-state index in [0.717, 1.165) is 23.0 Å². The fourth-order valence-corrected chi connectivity index (χ4v) is 4.51. The number of carbonyl (C=O) groups is 1. The third kappa shape index (κ3) is 4.44. The first-order chi connectivity index (χ1) is 17.6. The van der Waals surface area contributed by atoms with Gasteiger partial charge in [0.15, 0.2) is 5.60 Å². The Morgan fingerprint density at radius 2 is 1.44 bits per heavy atom. The van der Waals surface area contributed by atoms with Gasteiger partial charge in [-0.25, -0.2) is 5.43 Å². The van der Waals surface area contributed by atoms with Crippen molar-refractivity contribution in [1.82, 2.24) is 9.99 Å². The molecule has 5 nitrogen and oxygen atoms in total. The average molecular weight is 474 g/mol. The van der Waals surface area contributed by atoms with Gasteiger partial charge in [0.2, 0.25) is 0 Å². The van der Waals surface area contributed by atoms with Gasteiger partial charge in [-0.3, -0.25) is 4.79 Å². The third-order valence-corrected chi connectivity index (χ3v) is 6.50. The molecule has 0 atom stereocenters. The summed E-state index contributed by atoms with van der Waals surface area (Å²) in [5, 5.41) is 16.9. The maximum atomic E-state index is 13.3. The van der Waals surface area contributed by atoms with Gasteiger partial charge in [0, 0.05) is 29.2 Å². The molecule has 0 fully saturated rings. The molecule has 0 unspecified atom stereocenters. The van der Waals surface area contributed by atoms with Gasteiger partial charge in [-0.1, -0.05) is 103 Å². The second-order valence-corrected chi connectivity index (χ2v) is 8.80. The summed E-state index contributed by atoms with van der Waals surface area (Å²) >= 11 is 0. The lowest BCUT2D eigenvalue weighted by Crippen LogP contribution is -2.43. The molecular formula is C31H27N3O2. The summed E-state index contributed by atoms with van der Waals surface area (Å²) in [6.45, 7) is 2.84. The zero-order chi connectivity index (χ0) is 25.0. The molecule has 4 aromatic carbocycles. The molecule has 0 radical (unpaired) electrons. The van der Waals surface area contributed by atoms with E-state index in [2.05, 4.69) is 40.2 Å². The van der Waals surface area contributed by atoms with Crippen LogP contribution in [0, 0.1) is 6.92 Å². The lowest BCUT2D eigenvalue weighted by Gasteiger charge is -2.27. The number of hydrogen-bond acceptors (Lipinski definition) is 3. The van der Waals surface area contributed by atoms with E-state index in [1.165, 1.54) is 11.1 Å². The summed E-state index contributed by atoms with van der Waals surface area (Å²) in [6, 6.07) is 34.2. The van der Waals surface area contributed by atoms with Gasteiger partial charge in [0.25, 0.3) is 5.91 Å². The van der Waals surface area contributed by atoms with E-state index in [0.29, 0.717) is 11.1 Å². The Labute approximate surface area is 210 Å². The van der Waals surface area contributed by atoms with Crippen LogP contribution in [-0.2, 0) is 16.9 Å². The molecule has 0 saturated carbocycles. The standard InChI is InChI=1S/C31H27N3O2/c1-23-12-8-9-13-24(23)21-34-22-25(28-18-10-11-19-29(28)34)20-32-33-30(35)31(36,26-14-4-2-5-15-26)27-16-6-3-7-17-27/h2-20,22,36H,21H2,1H3,(H,33,35)/b32-20-. The van der Waals surface area contributed by atoms with Gasteiger partial charge in [0.05, 0.1) is 6.21 Å². The Hall–Kier alpha value is -4.48. The number of benzene rings is 4. The van der Waals surface area contributed by atoms with Gasteiger partial charge >= 0.3 is 0 Å². The smallest absolute Gasteiger partial charge is 0.281 e. The number of hydrogen-bond donors (Lipinski definition) is 2. The molecule has 1 amide bonds. The Morgan fingerprint density at radius 3 is 2.11 bits per heavy atom. The van der Waals surface area contributed by atoms with Crippen LogP contribution in [-0.4, -0.2) is 21.8 Å². The van der Waals surface area contributed by atoms with Gasteiger partial charge < -0.3 is 9.67 Å². The van der Waals surface area contributed by atoms with E-state index in [9.17, 15) is 9.90 Å². The van der Waals surface area contributed by atoms with Crippen LogP contribution in [0.25, 0.3) is 10.9 Å². The monoisotopic (exact) mass is 473 g/mol. The number of aromatic nitrogens is 1. The summed E-state index contributed by atoms with van der Waals surface area (Å²) < 4.78 is 2.19. The van der Waals surface area contributed by atoms with Crippen LogP contribution in [0.3, 0.4) is 0 Å². The van der Waals surface area contributed by atoms with Crippen molar-refractivity contribution in [1.29, 1.82) is 0 Å². The fraction of sp³-hybridized carbons (Fsp3) is 0.0968. The largest absolute Gasteiger partial charge is 0.372 e. The van der Waals surface area contributed by atoms with Crippen molar-refractivity contribution in [2.75, 3.05) is 0 Å². The first kappa shape index (κ1) is 23.3. The number of aryl methyl sites for hydroxylation is 1. The summed E-state index contributed by atoms with van der Waals surface area (Å²) in [6.07, 6.45) is 3.67. The number of amides is 1. The van der Waals surface area contributed by atoms with Crippen molar-refractivity contribution in [3.8, 4) is 0 Å². The van der Waals surface area contributed by atoms with Crippen molar-refractivity contribution < 1.29 is 9.90 Å².